The second-order valence-corrected chi connectivity index (χ2v) is 7.17. The summed E-state index contributed by atoms with van der Waals surface area (Å²) < 4.78 is 0. The Morgan fingerprint density at radius 3 is 2.48 bits per heavy atom. The van der Waals surface area contributed by atoms with Crippen LogP contribution in [0.25, 0.3) is 10.9 Å². The molecule has 2 N–H and O–H groups in total. The van der Waals surface area contributed by atoms with Crippen LogP contribution in [0.4, 0.5) is 17.2 Å². The molecule has 0 saturated heterocycles. The maximum absolute atomic E-state index is 12.8. The van der Waals surface area contributed by atoms with Gasteiger partial charge in [0.2, 0.25) is 0 Å². The number of anilines is 3. The summed E-state index contributed by atoms with van der Waals surface area (Å²) in [6.45, 7) is 4.33. The zero-order valence-corrected chi connectivity index (χ0v) is 16.4. The third kappa shape index (κ3) is 4.24. The molecule has 144 valence electrons. The third-order valence-corrected chi connectivity index (χ3v) is 4.75. The molecule has 4 aromatic rings. The summed E-state index contributed by atoms with van der Waals surface area (Å²) in [7, 11) is 0. The van der Waals surface area contributed by atoms with E-state index in [1.165, 1.54) is 5.56 Å². The fraction of sp³-hybridized carbons (Fsp3) is 0.125. The zero-order chi connectivity index (χ0) is 20.2. The number of nitrogens with one attached hydrogen (secondary N) is 2. The number of hydrogen-bond acceptors (Lipinski definition) is 4. The average molecular weight is 382 g/mol. The Hall–Kier alpha value is -3.73. The average Bonchev–Trinajstić information content (AvgIpc) is 2.74. The molecule has 0 radical (unpaired) electrons. The first kappa shape index (κ1) is 18.6. The van der Waals surface area contributed by atoms with Crippen molar-refractivity contribution in [2.24, 2.45) is 0 Å². The predicted molar refractivity (Wildman–Crippen MR) is 118 cm³/mol. The molecule has 0 bridgehead atoms. The second kappa shape index (κ2) is 8.10. The van der Waals surface area contributed by atoms with Crippen molar-refractivity contribution in [3.05, 3.63) is 90.3 Å². The van der Waals surface area contributed by atoms with E-state index < -0.39 is 0 Å². The molecule has 1 amide bonds. The van der Waals surface area contributed by atoms with Crippen molar-refractivity contribution < 1.29 is 4.79 Å². The maximum Gasteiger partial charge on any atom is 0.255 e. The third-order valence-electron chi connectivity index (χ3n) is 4.75. The topological polar surface area (TPSA) is 66.9 Å². The van der Waals surface area contributed by atoms with Gasteiger partial charge in [-0.1, -0.05) is 44.2 Å². The lowest BCUT2D eigenvalue weighted by Crippen LogP contribution is -2.13. The smallest absolute Gasteiger partial charge is 0.255 e. The van der Waals surface area contributed by atoms with Crippen LogP contribution in [0.15, 0.2) is 79.1 Å². The Morgan fingerprint density at radius 2 is 1.69 bits per heavy atom. The Balaban J connectivity index is 1.52. The number of carbonyl (C=O) groups excluding carboxylic acids is 1. The summed E-state index contributed by atoms with van der Waals surface area (Å²) in [4.78, 5) is 21.5. The Kier molecular flexibility index (Phi) is 5.20. The van der Waals surface area contributed by atoms with Crippen LogP contribution < -0.4 is 10.6 Å². The van der Waals surface area contributed by atoms with Gasteiger partial charge in [0.05, 0.1) is 11.2 Å². The summed E-state index contributed by atoms with van der Waals surface area (Å²) in [6, 6.07) is 21.2. The minimum absolute atomic E-state index is 0.205. The molecular weight excluding hydrogens is 360 g/mol. The van der Waals surface area contributed by atoms with Crippen molar-refractivity contribution >= 4 is 34.0 Å². The van der Waals surface area contributed by atoms with Crippen LogP contribution in [0, 0.1) is 0 Å². The van der Waals surface area contributed by atoms with Crippen LogP contribution in [0.3, 0.4) is 0 Å². The lowest BCUT2D eigenvalue weighted by atomic mass is 10.0. The summed E-state index contributed by atoms with van der Waals surface area (Å²) in [5, 5.41) is 7.19. The van der Waals surface area contributed by atoms with Crippen LogP contribution in [0.2, 0.25) is 0 Å². The van der Waals surface area contributed by atoms with Gasteiger partial charge in [0, 0.05) is 29.0 Å². The highest BCUT2D eigenvalue weighted by molar-refractivity contribution is 6.08. The molecule has 0 atom stereocenters. The van der Waals surface area contributed by atoms with E-state index in [1.54, 1.807) is 24.5 Å². The number of hydrogen-bond donors (Lipinski definition) is 2. The summed E-state index contributed by atoms with van der Waals surface area (Å²) >= 11 is 0. The summed E-state index contributed by atoms with van der Waals surface area (Å²) in [6.07, 6.45) is 3.35. The molecule has 2 aromatic carbocycles. The fourth-order valence-electron chi connectivity index (χ4n) is 3.14. The standard InChI is InChI=1S/C24H22N4O/c1-16(2)17-8-10-20(11-9-17)27-22-15-19(12-14-25-22)24(29)28-21-7-3-5-18-6-4-13-26-23(18)21/h3-16H,1-2H3,(H,25,27)(H,28,29). The molecule has 0 unspecified atom stereocenters. The number of fused-ring (bicyclic) bond motifs is 1. The van der Waals surface area contributed by atoms with Gasteiger partial charge in [-0.2, -0.15) is 0 Å². The highest BCUT2D eigenvalue weighted by atomic mass is 16.1. The van der Waals surface area contributed by atoms with Crippen LogP contribution in [-0.4, -0.2) is 15.9 Å². The molecule has 5 nitrogen and oxygen atoms in total. The van der Waals surface area contributed by atoms with Crippen LogP contribution in [-0.2, 0) is 0 Å². The second-order valence-electron chi connectivity index (χ2n) is 7.17. The molecule has 5 heteroatoms. The molecule has 29 heavy (non-hydrogen) atoms. The van der Waals surface area contributed by atoms with Gasteiger partial charge in [-0.15, -0.1) is 0 Å². The molecule has 0 aliphatic heterocycles. The van der Waals surface area contributed by atoms with Gasteiger partial charge in [-0.3, -0.25) is 9.78 Å². The van der Waals surface area contributed by atoms with Gasteiger partial charge in [0.1, 0.15) is 5.82 Å². The van der Waals surface area contributed by atoms with Crippen molar-refractivity contribution in [1.82, 2.24) is 9.97 Å². The normalized spacial score (nSPS) is 10.9. The Morgan fingerprint density at radius 1 is 0.897 bits per heavy atom. The van der Waals surface area contributed by atoms with Crippen molar-refractivity contribution in [2.45, 2.75) is 19.8 Å². The van der Waals surface area contributed by atoms with E-state index in [1.807, 2.05) is 42.5 Å². The van der Waals surface area contributed by atoms with Crippen molar-refractivity contribution in [2.75, 3.05) is 10.6 Å². The molecule has 2 heterocycles. The first-order valence-corrected chi connectivity index (χ1v) is 9.58. The van der Waals surface area contributed by atoms with Crippen LogP contribution in [0.1, 0.15) is 35.7 Å². The van der Waals surface area contributed by atoms with Crippen molar-refractivity contribution in [3.8, 4) is 0 Å². The Labute approximate surface area is 169 Å². The first-order valence-electron chi connectivity index (χ1n) is 9.58. The lowest BCUT2D eigenvalue weighted by molar-refractivity contribution is 0.102. The van der Waals surface area contributed by atoms with Gasteiger partial charge in [-0.25, -0.2) is 4.98 Å². The molecule has 0 aliphatic carbocycles. The predicted octanol–water partition coefficient (Wildman–Crippen LogP) is 5.75. The SMILES string of the molecule is CC(C)c1ccc(Nc2cc(C(=O)Nc3cccc4cccnc34)ccn2)cc1. The Bertz CT molecular complexity index is 1150. The number of aromatic nitrogens is 2. The molecule has 4 rings (SSSR count). The highest BCUT2D eigenvalue weighted by Gasteiger charge is 2.10. The van der Waals surface area contributed by atoms with E-state index in [2.05, 4.69) is 46.6 Å². The van der Waals surface area contributed by atoms with Crippen LogP contribution >= 0.6 is 0 Å². The van der Waals surface area contributed by atoms with E-state index in [0.717, 1.165) is 16.6 Å². The maximum atomic E-state index is 12.8. The molecule has 2 aromatic heterocycles. The van der Waals surface area contributed by atoms with Gasteiger partial charge < -0.3 is 10.6 Å². The van der Waals surface area contributed by atoms with E-state index in [0.29, 0.717) is 23.0 Å². The van der Waals surface area contributed by atoms with E-state index >= 15 is 0 Å². The van der Waals surface area contributed by atoms with E-state index in [4.69, 9.17) is 0 Å². The van der Waals surface area contributed by atoms with Gasteiger partial charge in [-0.05, 0) is 47.9 Å². The monoisotopic (exact) mass is 382 g/mol. The fourth-order valence-corrected chi connectivity index (χ4v) is 3.14. The van der Waals surface area contributed by atoms with Crippen LogP contribution in [0.5, 0.6) is 0 Å². The van der Waals surface area contributed by atoms with Gasteiger partial charge in [0.15, 0.2) is 0 Å². The zero-order valence-electron chi connectivity index (χ0n) is 16.4. The van der Waals surface area contributed by atoms with Crippen molar-refractivity contribution in [1.29, 1.82) is 0 Å². The van der Waals surface area contributed by atoms with Gasteiger partial charge in [0.25, 0.3) is 5.91 Å². The number of carbonyl (C=O) groups is 1. The van der Waals surface area contributed by atoms with E-state index in [9.17, 15) is 4.79 Å². The summed E-state index contributed by atoms with van der Waals surface area (Å²) in [5.41, 5.74) is 4.18. The minimum atomic E-state index is -0.205. The molecule has 0 spiro atoms. The molecule has 0 saturated carbocycles. The number of amides is 1. The molecule has 0 fully saturated rings. The van der Waals surface area contributed by atoms with Crippen molar-refractivity contribution in [3.63, 3.8) is 0 Å². The summed E-state index contributed by atoms with van der Waals surface area (Å²) in [5.74, 6) is 0.896. The highest BCUT2D eigenvalue weighted by Crippen LogP contribution is 2.23. The number of benzene rings is 2. The lowest BCUT2D eigenvalue weighted by Gasteiger charge is -2.11. The first-order chi connectivity index (χ1) is 14.1. The number of pyridine rings is 2. The largest absolute Gasteiger partial charge is 0.340 e. The number of para-hydroxylation sites is 1. The quantitative estimate of drug-likeness (QED) is 0.461. The number of nitrogens with zero attached hydrogens (tertiary/aromatic N) is 2. The van der Waals surface area contributed by atoms with E-state index in [-0.39, 0.29) is 5.91 Å². The number of rotatable bonds is 5. The molecule has 0 aliphatic rings. The minimum Gasteiger partial charge on any atom is -0.340 e. The van der Waals surface area contributed by atoms with Gasteiger partial charge >= 0.3 is 0 Å². The molecular formula is C24H22N4O.